The Kier molecular flexibility index (Phi) is 2.39. The summed E-state index contributed by atoms with van der Waals surface area (Å²) in [4.78, 5) is 0.521. The minimum absolute atomic E-state index is 0.0967. The van der Waals surface area contributed by atoms with Crippen molar-refractivity contribution in [2.75, 3.05) is 13.1 Å². The molecule has 11 heavy (non-hydrogen) atoms. The Morgan fingerprint density at radius 3 is 2.45 bits per heavy atom. The van der Waals surface area contributed by atoms with Crippen molar-refractivity contribution in [2.24, 2.45) is 5.73 Å². The molecule has 1 aliphatic rings. The summed E-state index contributed by atoms with van der Waals surface area (Å²) in [5, 5.41) is 0. The molecule has 0 aromatic rings. The second kappa shape index (κ2) is 2.98. The topological polar surface area (TPSA) is 29.3 Å². The second-order valence-corrected chi connectivity index (χ2v) is 2.69. The number of alkyl halides is 3. The zero-order chi connectivity index (χ0) is 8.48. The number of hydrogen-bond acceptors (Lipinski definition) is 2. The van der Waals surface area contributed by atoms with Crippen LogP contribution in [-0.2, 0) is 0 Å². The average molecular weight is 168 g/mol. The van der Waals surface area contributed by atoms with Gasteiger partial charge >= 0.3 is 6.30 Å². The average Bonchev–Trinajstić information content (AvgIpc) is 2.31. The fraction of sp³-hybridized carbons (Fsp3) is 1.00. The van der Waals surface area contributed by atoms with Crippen LogP contribution in [0.4, 0.5) is 13.2 Å². The molecule has 0 saturated carbocycles. The zero-order valence-electron chi connectivity index (χ0n) is 6.06. The van der Waals surface area contributed by atoms with Gasteiger partial charge in [-0.05, 0) is 12.8 Å². The van der Waals surface area contributed by atoms with Crippen molar-refractivity contribution in [1.82, 2.24) is 4.90 Å². The summed E-state index contributed by atoms with van der Waals surface area (Å²) in [6.45, 7) is 0.199. The van der Waals surface area contributed by atoms with Gasteiger partial charge in [0, 0.05) is 19.1 Å². The van der Waals surface area contributed by atoms with Crippen LogP contribution in [0, 0.1) is 0 Å². The first kappa shape index (κ1) is 8.80. The van der Waals surface area contributed by atoms with Crippen LogP contribution in [0.3, 0.4) is 0 Å². The van der Waals surface area contributed by atoms with E-state index in [0.29, 0.717) is 17.7 Å². The Morgan fingerprint density at radius 2 is 2.09 bits per heavy atom. The molecule has 1 rings (SSSR count). The highest BCUT2D eigenvalue weighted by Crippen LogP contribution is 2.29. The number of halogens is 3. The molecule has 0 amide bonds. The van der Waals surface area contributed by atoms with Crippen molar-refractivity contribution in [2.45, 2.75) is 25.2 Å². The predicted molar refractivity (Wildman–Crippen MR) is 34.8 cm³/mol. The largest absolute Gasteiger partial charge is 0.460 e. The summed E-state index contributed by atoms with van der Waals surface area (Å²) in [6, 6.07) is -0.491. The van der Waals surface area contributed by atoms with Crippen LogP contribution in [0.2, 0.25) is 0 Å². The quantitative estimate of drug-likeness (QED) is 0.590. The van der Waals surface area contributed by atoms with Gasteiger partial charge in [0.25, 0.3) is 0 Å². The first-order valence-corrected chi connectivity index (χ1v) is 3.59. The number of rotatable bonds is 1. The van der Waals surface area contributed by atoms with E-state index >= 15 is 0 Å². The van der Waals surface area contributed by atoms with E-state index in [2.05, 4.69) is 0 Å². The van der Waals surface area contributed by atoms with Gasteiger partial charge in [-0.2, -0.15) is 13.2 Å². The maximum atomic E-state index is 12.1. The molecular weight excluding hydrogens is 157 g/mol. The van der Waals surface area contributed by atoms with Crippen molar-refractivity contribution >= 4 is 0 Å². The molecule has 1 fully saturated rings. The summed E-state index contributed by atoms with van der Waals surface area (Å²) in [6.07, 6.45) is -3.03. The second-order valence-electron chi connectivity index (χ2n) is 2.69. The zero-order valence-corrected chi connectivity index (χ0v) is 6.06. The van der Waals surface area contributed by atoms with Crippen LogP contribution in [0.25, 0.3) is 0 Å². The van der Waals surface area contributed by atoms with Crippen LogP contribution in [0.1, 0.15) is 12.8 Å². The Labute approximate surface area is 63.2 Å². The van der Waals surface area contributed by atoms with E-state index in [9.17, 15) is 13.2 Å². The molecule has 0 radical (unpaired) electrons. The summed E-state index contributed by atoms with van der Waals surface area (Å²) in [5.41, 5.74) is 5.18. The number of nitrogens with zero attached hydrogens (tertiary/aromatic N) is 1. The van der Waals surface area contributed by atoms with Crippen LogP contribution in [0.5, 0.6) is 0 Å². The lowest BCUT2D eigenvalue weighted by Gasteiger charge is -2.25. The minimum Gasteiger partial charge on any atom is -0.329 e. The smallest absolute Gasteiger partial charge is 0.329 e. The van der Waals surface area contributed by atoms with Crippen LogP contribution < -0.4 is 5.73 Å². The van der Waals surface area contributed by atoms with E-state index in [1.54, 1.807) is 0 Å². The molecule has 0 aromatic heterocycles. The van der Waals surface area contributed by atoms with Gasteiger partial charge in [0.1, 0.15) is 0 Å². The van der Waals surface area contributed by atoms with Crippen molar-refractivity contribution < 1.29 is 13.2 Å². The van der Waals surface area contributed by atoms with E-state index < -0.39 is 12.3 Å². The molecule has 1 heterocycles. The van der Waals surface area contributed by atoms with Crippen molar-refractivity contribution in [1.29, 1.82) is 0 Å². The highest BCUT2D eigenvalue weighted by Gasteiger charge is 2.43. The highest BCUT2D eigenvalue weighted by atomic mass is 19.4. The highest BCUT2D eigenvalue weighted by molar-refractivity contribution is 4.80. The van der Waals surface area contributed by atoms with Gasteiger partial charge in [-0.3, -0.25) is 0 Å². The molecule has 0 spiro atoms. The molecule has 0 aliphatic carbocycles. The van der Waals surface area contributed by atoms with Crippen LogP contribution >= 0.6 is 0 Å². The summed E-state index contributed by atoms with van der Waals surface area (Å²) >= 11 is 0. The van der Waals surface area contributed by atoms with Gasteiger partial charge in [0.2, 0.25) is 0 Å². The van der Waals surface area contributed by atoms with Crippen molar-refractivity contribution in [3.8, 4) is 0 Å². The van der Waals surface area contributed by atoms with Gasteiger partial charge in [-0.1, -0.05) is 0 Å². The summed E-state index contributed by atoms with van der Waals surface area (Å²) in [5.74, 6) is 0. The van der Waals surface area contributed by atoms with E-state index in [1.165, 1.54) is 0 Å². The van der Waals surface area contributed by atoms with Gasteiger partial charge in [0.15, 0.2) is 0 Å². The molecule has 1 atom stereocenters. The fourth-order valence-corrected chi connectivity index (χ4v) is 1.41. The van der Waals surface area contributed by atoms with Gasteiger partial charge in [-0.25, -0.2) is 4.90 Å². The molecule has 1 aliphatic heterocycles. The molecule has 1 saturated heterocycles. The predicted octanol–water partition coefficient (Wildman–Crippen LogP) is 0.929. The van der Waals surface area contributed by atoms with E-state index in [1.807, 2.05) is 0 Å². The summed E-state index contributed by atoms with van der Waals surface area (Å²) < 4.78 is 36.2. The van der Waals surface area contributed by atoms with E-state index in [4.69, 9.17) is 5.73 Å². The van der Waals surface area contributed by atoms with Crippen molar-refractivity contribution in [3.63, 3.8) is 0 Å². The first-order chi connectivity index (χ1) is 5.05. The SMILES string of the molecule is NC[C@H]1CCCN1C(F)(F)F. The lowest BCUT2D eigenvalue weighted by Crippen LogP contribution is -2.44. The summed E-state index contributed by atoms with van der Waals surface area (Å²) in [7, 11) is 0. The molecule has 0 unspecified atom stereocenters. The minimum atomic E-state index is -4.19. The van der Waals surface area contributed by atoms with Crippen molar-refractivity contribution in [3.05, 3.63) is 0 Å². The molecule has 0 aromatic carbocycles. The third-order valence-corrected chi connectivity index (χ3v) is 1.97. The number of likely N-dealkylation sites (tertiary alicyclic amines) is 1. The molecular formula is C6H11F3N2. The number of hydrogen-bond donors (Lipinski definition) is 1. The van der Waals surface area contributed by atoms with Gasteiger partial charge in [-0.15, -0.1) is 0 Å². The maximum Gasteiger partial charge on any atom is 0.460 e. The lowest BCUT2D eigenvalue weighted by atomic mass is 10.2. The molecule has 2 N–H and O–H groups in total. The number of nitrogens with two attached hydrogens (primary N) is 1. The Hall–Kier alpha value is -0.290. The van der Waals surface area contributed by atoms with E-state index in [-0.39, 0.29) is 13.1 Å². The van der Waals surface area contributed by atoms with Gasteiger partial charge < -0.3 is 5.73 Å². The van der Waals surface area contributed by atoms with E-state index in [0.717, 1.165) is 0 Å². The maximum absolute atomic E-state index is 12.1. The molecule has 66 valence electrons. The third-order valence-electron chi connectivity index (χ3n) is 1.97. The molecule has 2 nitrogen and oxygen atoms in total. The van der Waals surface area contributed by atoms with Crippen LogP contribution in [0.15, 0.2) is 0 Å². The first-order valence-electron chi connectivity index (χ1n) is 3.59. The Bertz CT molecular complexity index is 134. The molecule has 0 bridgehead atoms. The fourth-order valence-electron chi connectivity index (χ4n) is 1.41. The monoisotopic (exact) mass is 168 g/mol. The van der Waals surface area contributed by atoms with Crippen LogP contribution in [-0.4, -0.2) is 30.3 Å². The van der Waals surface area contributed by atoms with Gasteiger partial charge in [0.05, 0.1) is 0 Å². The molecule has 5 heteroatoms. The Balaban J connectivity index is 2.57. The standard InChI is InChI=1S/C6H11F3N2/c7-6(8,9)11-3-1-2-5(11)4-10/h5H,1-4,10H2/t5-/m1/s1. The third kappa shape index (κ3) is 1.84. The normalized spacial score (nSPS) is 27.8. The lowest BCUT2D eigenvalue weighted by molar-refractivity contribution is -0.248. The Morgan fingerprint density at radius 1 is 1.45 bits per heavy atom.